The van der Waals surface area contributed by atoms with Gasteiger partial charge in [0.1, 0.15) is 0 Å². The van der Waals surface area contributed by atoms with Crippen LogP contribution >= 0.6 is 0 Å². The molecule has 2 unspecified atom stereocenters. The van der Waals surface area contributed by atoms with Crippen molar-refractivity contribution in [2.75, 3.05) is 59.9 Å². The molecule has 0 aliphatic carbocycles. The van der Waals surface area contributed by atoms with Crippen LogP contribution in [0, 0.1) is 0 Å². The molecule has 0 aromatic carbocycles. The summed E-state index contributed by atoms with van der Waals surface area (Å²) in [6, 6.07) is 0.520. The number of unbranched alkanes of at least 4 members (excludes halogenated alkanes) is 2. The maximum atomic E-state index is 2.84. The van der Waals surface area contributed by atoms with Gasteiger partial charge in [-0.3, -0.25) is 9.80 Å². The first-order chi connectivity index (χ1) is 14.0. The van der Waals surface area contributed by atoms with Gasteiger partial charge in [0, 0.05) is 32.7 Å². The zero-order chi connectivity index (χ0) is 21.9. The molecule has 1 rings (SSSR count). The van der Waals surface area contributed by atoms with E-state index in [0.29, 0.717) is 6.04 Å². The molecule has 0 spiro atoms. The standard InChI is InChI=1S/C24H53N5/c1-9-15-20-28(21-16-10-2)29-22-17-23(25(7)8)24(29,26(13-5)14-6)27(18-11-3)19-12-4/h23H,9-22H2,1-8H3. The van der Waals surface area contributed by atoms with Crippen LogP contribution < -0.4 is 0 Å². The minimum Gasteiger partial charge on any atom is -0.302 e. The highest BCUT2D eigenvalue weighted by Crippen LogP contribution is 2.40. The van der Waals surface area contributed by atoms with Crippen LogP contribution in [0.4, 0.5) is 0 Å². The highest BCUT2D eigenvalue weighted by molar-refractivity contribution is 5.04. The smallest absolute Gasteiger partial charge is 0.160 e. The van der Waals surface area contributed by atoms with Crippen LogP contribution in [0.15, 0.2) is 0 Å². The van der Waals surface area contributed by atoms with Crippen molar-refractivity contribution in [1.29, 1.82) is 0 Å². The summed E-state index contributed by atoms with van der Waals surface area (Å²) in [6.07, 6.45) is 8.74. The lowest BCUT2D eigenvalue weighted by Gasteiger charge is -2.59. The van der Waals surface area contributed by atoms with Gasteiger partial charge >= 0.3 is 0 Å². The number of hydrogen-bond acceptors (Lipinski definition) is 5. The SMILES string of the molecule is CCCCN(CCCC)N1CCC(N(C)C)C1(N(CC)CC)N(CCC)CCC. The predicted molar refractivity (Wildman–Crippen MR) is 128 cm³/mol. The van der Waals surface area contributed by atoms with Gasteiger partial charge in [-0.05, 0) is 59.3 Å². The Balaban J connectivity index is 3.54. The zero-order valence-electron chi connectivity index (χ0n) is 21.2. The van der Waals surface area contributed by atoms with E-state index in [4.69, 9.17) is 0 Å². The van der Waals surface area contributed by atoms with E-state index >= 15 is 0 Å². The molecule has 0 aromatic rings. The average Bonchev–Trinajstić information content (AvgIpc) is 3.10. The molecule has 1 aliphatic rings. The highest BCUT2D eigenvalue weighted by atomic mass is 15.8. The summed E-state index contributed by atoms with van der Waals surface area (Å²) in [5.41, 5.74) is 0. The zero-order valence-corrected chi connectivity index (χ0v) is 21.2. The van der Waals surface area contributed by atoms with Crippen LogP contribution in [-0.2, 0) is 0 Å². The van der Waals surface area contributed by atoms with E-state index in [2.05, 4.69) is 80.4 Å². The topological polar surface area (TPSA) is 16.2 Å². The van der Waals surface area contributed by atoms with Crippen molar-refractivity contribution in [3.05, 3.63) is 0 Å². The average molecular weight is 412 g/mol. The Morgan fingerprint density at radius 1 is 0.724 bits per heavy atom. The van der Waals surface area contributed by atoms with Gasteiger partial charge < -0.3 is 4.90 Å². The van der Waals surface area contributed by atoms with Crippen LogP contribution in [-0.4, -0.2) is 96.5 Å². The second-order valence-electron chi connectivity index (χ2n) is 8.90. The molecule has 0 N–H and O–H groups in total. The van der Waals surface area contributed by atoms with Crippen LogP contribution in [0.2, 0.25) is 0 Å². The predicted octanol–water partition coefficient (Wildman–Crippen LogP) is 4.56. The molecule has 0 saturated carbocycles. The van der Waals surface area contributed by atoms with Crippen molar-refractivity contribution >= 4 is 0 Å². The van der Waals surface area contributed by atoms with E-state index in [1.165, 1.54) is 71.1 Å². The molecule has 1 saturated heterocycles. The van der Waals surface area contributed by atoms with Crippen molar-refractivity contribution in [1.82, 2.24) is 24.7 Å². The molecule has 5 heteroatoms. The van der Waals surface area contributed by atoms with Crippen LogP contribution in [0.3, 0.4) is 0 Å². The Bertz CT molecular complexity index is 398. The van der Waals surface area contributed by atoms with Gasteiger partial charge in [-0.2, -0.15) is 0 Å². The second-order valence-corrected chi connectivity index (χ2v) is 8.90. The van der Waals surface area contributed by atoms with Crippen LogP contribution in [0.5, 0.6) is 0 Å². The van der Waals surface area contributed by atoms with E-state index < -0.39 is 0 Å². The van der Waals surface area contributed by atoms with Gasteiger partial charge in [-0.25, -0.2) is 10.0 Å². The number of nitrogens with zero attached hydrogens (tertiary/aromatic N) is 5. The Kier molecular flexibility index (Phi) is 12.9. The molecule has 1 heterocycles. The maximum Gasteiger partial charge on any atom is 0.160 e. The highest BCUT2D eigenvalue weighted by Gasteiger charge is 2.57. The fraction of sp³-hybridized carbons (Fsp3) is 1.00. The first-order valence-electron chi connectivity index (χ1n) is 12.7. The monoisotopic (exact) mass is 411 g/mol. The van der Waals surface area contributed by atoms with Crippen molar-refractivity contribution in [3.8, 4) is 0 Å². The number of rotatable bonds is 16. The van der Waals surface area contributed by atoms with Crippen molar-refractivity contribution < 1.29 is 0 Å². The molecule has 1 fully saturated rings. The Labute approximate surface area is 183 Å². The largest absolute Gasteiger partial charge is 0.302 e. The summed E-state index contributed by atoms with van der Waals surface area (Å²) in [5, 5.41) is 5.56. The summed E-state index contributed by atoms with van der Waals surface area (Å²) in [7, 11) is 4.59. The fourth-order valence-electron chi connectivity index (χ4n) is 5.38. The van der Waals surface area contributed by atoms with E-state index in [-0.39, 0.29) is 5.79 Å². The van der Waals surface area contributed by atoms with E-state index in [0.717, 1.165) is 19.6 Å². The number of hydrazine groups is 1. The Morgan fingerprint density at radius 3 is 1.62 bits per heavy atom. The second kappa shape index (κ2) is 14.0. The van der Waals surface area contributed by atoms with E-state index in [1.807, 2.05) is 0 Å². The van der Waals surface area contributed by atoms with Crippen molar-refractivity contribution in [2.45, 2.75) is 98.3 Å². The molecule has 5 nitrogen and oxygen atoms in total. The summed E-state index contributed by atoms with van der Waals surface area (Å²) in [6.45, 7) is 22.1. The lowest BCUT2D eigenvalue weighted by atomic mass is 10.0. The molecular formula is C24H53N5. The fourth-order valence-corrected chi connectivity index (χ4v) is 5.38. The van der Waals surface area contributed by atoms with Crippen LogP contribution in [0.25, 0.3) is 0 Å². The third-order valence-corrected chi connectivity index (χ3v) is 6.63. The van der Waals surface area contributed by atoms with E-state index in [1.54, 1.807) is 0 Å². The lowest BCUT2D eigenvalue weighted by Crippen LogP contribution is -2.76. The minimum atomic E-state index is -0.0412. The van der Waals surface area contributed by atoms with Gasteiger partial charge in [0.05, 0.1) is 6.04 Å². The first kappa shape index (κ1) is 26.8. The van der Waals surface area contributed by atoms with Crippen LogP contribution in [0.1, 0.15) is 86.5 Å². The molecular weight excluding hydrogens is 358 g/mol. The molecule has 1 aliphatic heterocycles. The third-order valence-electron chi connectivity index (χ3n) is 6.63. The molecule has 29 heavy (non-hydrogen) atoms. The van der Waals surface area contributed by atoms with Gasteiger partial charge in [0.25, 0.3) is 0 Å². The number of hydrogen-bond donors (Lipinski definition) is 0. The molecule has 0 bridgehead atoms. The van der Waals surface area contributed by atoms with Crippen molar-refractivity contribution in [2.24, 2.45) is 0 Å². The summed E-state index contributed by atoms with van der Waals surface area (Å²) >= 11 is 0. The van der Waals surface area contributed by atoms with Gasteiger partial charge in [-0.1, -0.05) is 54.4 Å². The minimum absolute atomic E-state index is 0.0412. The van der Waals surface area contributed by atoms with E-state index in [9.17, 15) is 0 Å². The normalized spacial score (nSPS) is 23.4. The van der Waals surface area contributed by atoms with Gasteiger partial charge in [0.15, 0.2) is 5.79 Å². The lowest BCUT2D eigenvalue weighted by molar-refractivity contribution is -0.245. The first-order valence-corrected chi connectivity index (χ1v) is 12.7. The molecule has 0 radical (unpaired) electrons. The third kappa shape index (κ3) is 6.16. The maximum absolute atomic E-state index is 2.84. The quantitative estimate of drug-likeness (QED) is 0.345. The molecule has 174 valence electrons. The Morgan fingerprint density at radius 2 is 1.24 bits per heavy atom. The van der Waals surface area contributed by atoms with Gasteiger partial charge in [0.2, 0.25) is 0 Å². The number of likely N-dealkylation sites (N-methyl/N-ethyl adjacent to an activating group) is 2. The Hall–Kier alpha value is -0.200. The summed E-state index contributed by atoms with van der Waals surface area (Å²) < 4.78 is 0. The molecule has 2 atom stereocenters. The van der Waals surface area contributed by atoms with Crippen molar-refractivity contribution in [3.63, 3.8) is 0 Å². The summed E-state index contributed by atoms with van der Waals surface area (Å²) in [5.74, 6) is -0.0412. The van der Waals surface area contributed by atoms with Gasteiger partial charge in [-0.15, -0.1) is 0 Å². The summed E-state index contributed by atoms with van der Waals surface area (Å²) in [4.78, 5) is 8.11. The molecule has 0 amide bonds. The molecule has 0 aromatic heterocycles.